The second kappa shape index (κ2) is 4.73. The molecule has 0 bridgehead atoms. The van der Waals surface area contributed by atoms with Gasteiger partial charge in [-0.15, -0.1) is 0 Å². The van der Waals surface area contributed by atoms with Gasteiger partial charge in [0.2, 0.25) is 0 Å². The largest absolute Gasteiger partial charge is 0.381 e. The monoisotopic (exact) mass is 142 g/mol. The highest BCUT2D eigenvalue weighted by Gasteiger charge is 2.10. The van der Waals surface area contributed by atoms with Crippen LogP contribution < -0.4 is 0 Å². The zero-order valence-electron chi connectivity index (χ0n) is 6.94. The minimum absolute atomic E-state index is 0.868. The van der Waals surface area contributed by atoms with Crippen LogP contribution in [0.3, 0.4) is 0 Å². The maximum absolute atomic E-state index is 5.46. The van der Waals surface area contributed by atoms with Crippen LogP contribution in [0.2, 0.25) is 0 Å². The van der Waals surface area contributed by atoms with Gasteiger partial charge in [0.15, 0.2) is 0 Å². The standard InChI is InChI=1S/C9H18O/c1-2-5-9-6-3-4-7-10-8-9/h9H,2-8H2,1H3/t9-/m1/s1. The van der Waals surface area contributed by atoms with Crippen molar-refractivity contribution in [3.63, 3.8) is 0 Å². The highest BCUT2D eigenvalue weighted by Crippen LogP contribution is 2.18. The molecule has 1 rings (SSSR count). The predicted octanol–water partition coefficient (Wildman–Crippen LogP) is 2.60. The summed E-state index contributed by atoms with van der Waals surface area (Å²) in [5.74, 6) is 0.868. The maximum atomic E-state index is 5.46. The smallest absolute Gasteiger partial charge is 0.0494 e. The van der Waals surface area contributed by atoms with Gasteiger partial charge >= 0.3 is 0 Å². The van der Waals surface area contributed by atoms with Gasteiger partial charge in [0.1, 0.15) is 0 Å². The van der Waals surface area contributed by atoms with Crippen molar-refractivity contribution in [1.29, 1.82) is 0 Å². The summed E-state index contributed by atoms with van der Waals surface area (Å²) in [5, 5.41) is 0. The molecule has 1 heterocycles. The third kappa shape index (κ3) is 2.70. The molecule has 0 aliphatic carbocycles. The Morgan fingerprint density at radius 3 is 3.10 bits per heavy atom. The van der Waals surface area contributed by atoms with Crippen molar-refractivity contribution in [2.75, 3.05) is 13.2 Å². The molecule has 0 amide bonds. The number of hydrogen-bond donors (Lipinski definition) is 0. The van der Waals surface area contributed by atoms with E-state index in [2.05, 4.69) is 6.92 Å². The summed E-state index contributed by atoms with van der Waals surface area (Å²) in [7, 11) is 0. The predicted molar refractivity (Wildman–Crippen MR) is 43.1 cm³/mol. The van der Waals surface area contributed by atoms with Gasteiger partial charge in [0.05, 0.1) is 0 Å². The highest BCUT2D eigenvalue weighted by molar-refractivity contribution is 4.61. The Morgan fingerprint density at radius 1 is 1.40 bits per heavy atom. The Bertz CT molecular complexity index is 72.8. The molecule has 0 unspecified atom stereocenters. The van der Waals surface area contributed by atoms with Gasteiger partial charge in [0, 0.05) is 13.2 Å². The van der Waals surface area contributed by atoms with E-state index in [1.165, 1.54) is 32.1 Å². The Morgan fingerprint density at radius 2 is 2.30 bits per heavy atom. The molecule has 1 aliphatic heterocycles. The molecule has 0 radical (unpaired) electrons. The van der Waals surface area contributed by atoms with E-state index >= 15 is 0 Å². The molecule has 60 valence electrons. The summed E-state index contributed by atoms with van der Waals surface area (Å²) in [5.41, 5.74) is 0. The lowest BCUT2D eigenvalue weighted by Gasteiger charge is -2.10. The highest BCUT2D eigenvalue weighted by atomic mass is 16.5. The number of ether oxygens (including phenoxy) is 1. The van der Waals surface area contributed by atoms with Crippen LogP contribution in [0.4, 0.5) is 0 Å². The van der Waals surface area contributed by atoms with Gasteiger partial charge in [-0.2, -0.15) is 0 Å². The first-order valence-electron chi connectivity index (χ1n) is 4.51. The Hall–Kier alpha value is -0.0400. The molecule has 0 aromatic carbocycles. The SMILES string of the molecule is CCC[C@@H]1CCCCOC1. The maximum Gasteiger partial charge on any atom is 0.0494 e. The fourth-order valence-corrected chi connectivity index (χ4v) is 1.61. The molecule has 1 nitrogen and oxygen atoms in total. The van der Waals surface area contributed by atoms with Crippen LogP contribution in [-0.2, 0) is 4.74 Å². The molecule has 10 heavy (non-hydrogen) atoms. The van der Waals surface area contributed by atoms with Crippen molar-refractivity contribution in [3.05, 3.63) is 0 Å². The number of rotatable bonds is 2. The van der Waals surface area contributed by atoms with Crippen LogP contribution >= 0.6 is 0 Å². The molecule has 1 saturated heterocycles. The van der Waals surface area contributed by atoms with Crippen LogP contribution in [0.1, 0.15) is 39.0 Å². The van der Waals surface area contributed by atoms with E-state index in [-0.39, 0.29) is 0 Å². The minimum Gasteiger partial charge on any atom is -0.381 e. The fraction of sp³-hybridized carbons (Fsp3) is 1.00. The molecule has 1 heteroatoms. The molecule has 0 saturated carbocycles. The molecule has 1 atom stereocenters. The first-order valence-corrected chi connectivity index (χ1v) is 4.51. The molecule has 0 N–H and O–H groups in total. The lowest BCUT2D eigenvalue weighted by molar-refractivity contribution is 0.112. The molecular formula is C9H18O. The van der Waals surface area contributed by atoms with Gasteiger partial charge in [0.25, 0.3) is 0 Å². The van der Waals surface area contributed by atoms with Crippen molar-refractivity contribution < 1.29 is 4.74 Å². The van der Waals surface area contributed by atoms with Crippen molar-refractivity contribution >= 4 is 0 Å². The van der Waals surface area contributed by atoms with Gasteiger partial charge in [-0.3, -0.25) is 0 Å². The third-order valence-corrected chi connectivity index (χ3v) is 2.20. The van der Waals surface area contributed by atoms with Crippen molar-refractivity contribution in [1.82, 2.24) is 0 Å². The summed E-state index contributed by atoms with van der Waals surface area (Å²) in [4.78, 5) is 0. The quantitative estimate of drug-likeness (QED) is 0.576. The summed E-state index contributed by atoms with van der Waals surface area (Å²) >= 11 is 0. The zero-order valence-corrected chi connectivity index (χ0v) is 6.94. The van der Waals surface area contributed by atoms with Crippen LogP contribution in [0.5, 0.6) is 0 Å². The Kier molecular flexibility index (Phi) is 3.81. The first kappa shape index (κ1) is 8.06. The minimum atomic E-state index is 0.868. The second-order valence-corrected chi connectivity index (χ2v) is 3.23. The molecule has 0 spiro atoms. The summed E-state index contributed by atoms with van der Waals surface area (Å²) < 4.78 is 5.46. The van der Waals surface area contributed by atoms with E-state index in [0.717, 1.165) is 19.1 Å². The van der Waals surface area contributed by atoms with Crippen molar-refractivity contribution in [3.8, 4) is 0 Å². The van der Waals surface area contributed by atoms with E-state index in [0.29, 0.717) is 0 Å². The fourth-order valence-electron chi connectivity index (χ4n) is 1.61. The zero-order chi connectivity index (χ0) is 7.23. The van der Waals surface area contributed by atoms with Crippen molar-refractivity contribution in [2.45, 2.75) is 39.0 Å². The Balaban J connectivity index is 2.15. The molecule has 0 aromatic heterocycles. The summed E-state index contributed by atoms with van der Waals surface area (Å²) in [6, 6.07) is 0. The normalized spacial score (nSPS) is 27.9. The molecule has 0 aromatic rings. The first-order chi connectivity index (χ1) is 4.93. The van der Waals surface area contributed by atoms with E-state index in [1.807, 2.05) is 0 Å². The second-order valence-electron chi connectivity index (χ2n) is 3.23. The molecular weight excluding hydrogens is 124 g/mol. The van der Waals surface area contributed by atoms with Gasteiger partial charge < -0.3 is 4.74 Å². The average molecular weight is 142 g/mol. The van der Waals surface area contributed by atoms with E-state index in [9.17, 15) is 0 Å². The summed E-state index contributed by atoms with van der Waals surface area (Å²) in [6.45, 7) is 4.28. The lowest BCUT2D eigenvalue weighted by Crippen LogP contribution is -2.05. The molecule has 1 aliphatic rings. The topological polar surface area (TPSA) is 9.23 Å². The summed E-state index contributed by atoms with van der Waals surface area (Å²) in [6.07, 6.45) is 6.73. The van der Waals surface area contributed by atoms with Gasteiger partial charge in [-0.05, 0) is 25.2 Å². The Labute approximate surface area is 63.8 Å². The number of hydrogen-bond acceptors (Lipinski definition) is 1. The van der Waals surface area contributed by atoms with E-state index in [4.69, 9.17) is 4.74 Å². The van der Waals surface area contributed by atoms with Gasteiger partial charge in [-0.25, -0.2) is 0 Å². The van der Waals surface area contributed by atoms with Crippen LogP contribution in [0.25, 0.3) is 0 Å². The van der Waals surface area contributed by atoms with Crippen LogP contribution in [0, 0.1) is 5.92 Å². The van der Waals surface area contributed by atoms with Crippen LogP contribution in [0.15, 0.2) is 0 Å². The third-order valence-electron chi connectivity index (χ3n) is 2.20. The van der Waals surface area contributed by atoms with Crippen LogP contribution in [-0.4, -0.2) is 13.2 Å². The molecule has 1 fully saturated rings. The lowest BCUT2D eigenvalue weighted by atomic mass is 9.99. The average Bonchev–Trinajstić information content (AvgIpc) is 2.17. The van der Waals surface area contributed by atoms with E-state index < -0.39 is 0 Å². The van der Waals surface area contributed by atoms with Crippen molar-refractivity contribution in [2.24, 2.45) is 5.92 Å². The van der Waals surface area contributed by atoms with Gasteiger partial charge in [-0.1, -0.05) is 19.8 Å². The van der Waals surface area contributed by atoms with E-state index in [1.54, 1.807) is 0 Å².